The summed E-state index contributed by atoms with van der Waals surface area (Å²) in [5.41, 5.74) is 8.13. The van der Waals surface area contributed by atoms with Crippen LogP contribution in [0.2, 0.25) is 0 Å². The zero-order chi connectivity index (χ0) is 12.5. The molecule has 6 heteroatoms. The van der Waals surface area contributed by atoms with Crippen molar-refractivity contribution >= 4 is 28.6 Å². The van der Waals surface area contributed by atoms with Crippen LogP contribution in [0.15, 0.2) is 36.5 Å². The van der Waals surface area contributed by atoms with Crippen molar-refractivity contribution in [2.45, 2.75) is 0 Å². The van der Waals surface area contributed by atoms with E-state index in [1.54, 1.807) is 12.3 Å². The van der Waals surface area contributed by atoms with Crippen LogP contribution in [0.4, 0.5) is 11.6 Å². The second-order valence-corrected chi connectivity index (χ2v) is 3.90. The number of aromatic amines is 2. The number of carbonyl (C=O) groups excluding carboxylic acids is 1. The lowest BCUT2D eigenvalue weighted by atomic mass is 10.3. The molecule has 3 aromatic rings. The first-order valence-corrected chi connectivity index (χ1v) is 5.42. The molecule has 0 aliphatic carbocycles. The molecule has 1 amide bonds. The number of nitrogen functional groups attached to an aromatic ring is 1. The minimum atomic E-state index is -0.286. The highest BCUT2D eigenvalue weighted by Crippen LogP contribution is 2.14. The molecule has 0 saturated heterocycles. The van der Waals surface area contributed by atoms with Gasteiger partial charge in [-0.25, -0.2) is 4.98 Å². The molecule has 0 aliphatic rings. The topological polar surface area (TPSA) is 99.6 Å². The van der Waals surface area contributed by atoms with Gasteiger partial charge in [0.05, 0.1) is 11.0 Å². The number of nitrogens with two attached hydrogens (primary N) is 1. The molecule has 0 radical (unpaired) electrons. The molecule has 2 aromatic heterocycles. The van der Waals surface area contributed by atoms with E-state index in [2.05, 4.69) is 20.3 Å². The summed E-state index contributed by atoms with van der Waals surface area (Å²) in [6, 6.07) is 9.12. The lowest BCUT2D eigenvalue weighted by Crippen LogP contribution is -2.13. The van der Waals surface area contributed by atoms with E-state index in [4.69, 9.17) is 5.73 Å². The summed E-state index contributed by atoms with van der Waals surface area (Å²) in [5.74, 6) is 0.125. The number of H-pyrrole nitrogens is 2. The Labute approximate surface area is 102 Å². The van der Waals surface area contributed by atoms with Crippen molar-refractivity contribution in [3.05, 3.63) is 42.2 Å². The number of amides is 1. The van der Waals surface area contributed by atoms with Crippen molar-refractivity contribution in [2.24, 2.45) is 0 Å². The van der Waals surface area contributed by atoms with Crippen LogP contribution in [-0.4, -0.2) is 20.9 Å². The number of aromatic nitrogens is 3. The highest BCUT2D eigenvalue weighted by atomic mass is 16.2. The van der Waals surface area contributed by atoms with Crippen LogP contribution in [0.1, 0.15) is 10.5 Å². The summed E-state index contributed by atoms with van der Waals surface area (Å²) >= 11 is 0. The fourth-order valence-electron chi connectivity index (χ4n) is 1.73. The van der Waals surface area contributed by atoms with Gasteiger partial charge >= 0.3 is 0 Å². The highest BCUT2D eigenvalue weighted by Gasteiger charge is 2.10. The maximum Gasteiger partial charge on any atom is 0.274 e. The predicted octanol–water partition coefficient (Wildman–Crippen LogP) is 1.73. The Morgan fingerprint density at radius 2 is 2.17 bits per heavy atom. The molecular formula is C12H11N5O. The molecule has 0 spiro atoms. The van der Waals surface area contributed by atoms with Gasteiger partial charge in [0.2, 0.25) is 5.95 Å². The molecule has 0 bridgehead atoms. The summed E-state index contributed by atoms with van der Waals surface area (Å²) in [5, 5.41) is 2.67. The first kappa shape index (κ1) is 10.4. The van der Waals surface area contributed by atoms with E-state index in [9.17, 15) is 4.79 Å². The first-order chi connectivity index (χ1) is 8.72. The van der Waals surface area contributed by atoms with Gasteiger partial charge in [-0.15, -0.1) is 0 Å². The van der Waals surface area contributed by atoms with Crippen LogP contribution < -0.4 is 11.1 Å². The van der Waals surface area contributed by atoms with Crippen LogP contribution in [0.5, 0.6) is 0 Å². The van der Waals surface area contributed by atoms with Crippen molar-refractivity contribution < 1.29 is 4.79 Å². The molecule has 90 valence electrons. The van der Waals surface area contributed by atoms with Gasteiger partial charge in [-0.05, 0) is 18.2 Å². The smallest absolute Gasteiger partial charge is 0.274 e. The minimum absolute atomic E-state index is 0.286. The van der Waals surface area contributed by atoms with Gasteiger partial charge in [-0.1, -0.05) is 12.1 Å². The highest BCUT2D eigenvalue weighted by molar-refractivity contribution is 6.03. The van der Waals surface area contributed by atoms with Gasteiger partial charge in [0, 0.05) is 11.9 Å². The fraction of sp³-hybridized carbons (Fsp3) is 0. The van der Waals surface area contributed by atoms with Gasteiger partial charge in [0.15, 0.2) is 0 Å². The number of hydrogen-bond acceptors (Lipinski definition) is 3. The van der Waals surface area contributed by atoms with Crippen LogP contribution >= 0.6 is 0 Å². The third kappa shape index (κ3) is 1.80. The monoisotopic (exact) mass is 241 g/mol. The predicted molar refractivity (Wildman–Crippen MR) is 69.3 cm³/mol. The van der Waals surface area contributed by atoms with Crippen molar-refractivity contribution in [3.8, 4) is 0 Å². The van der Waals surface area contributed by atoms with E-state index >= 15 is 0 Å². The molecule has 1 aromatic carbocycles. The van der Waals surface area contributed by atoms with Gasteiger partial charge in [0.1, 0.15) is 5.69 Å². The molecule has 0 fully saturated rings. The molecule has 18 heavy (non-hydrogen) atoms. The maximum absolute atomic E-state index is 11.8. The lowest BCUT2D eigenvalue weighted by Gasteiger charge is -1.98. The lowest BCUT2D eigenvalue weighted by molar-refractivity contribution is 0.102. The Morgan fingerprint density at radius 1 is 1.33 bits per heavy atom. The Morgan fingerprint density at radius 3 is 2.89 bits per heavy atom. The zero-order valence-electron chi connectivity index (χ0n) is 9.40. The SMILES string of the molecule is Nc1c[nH]c(C(=O)Nc2nc3ccccc3[nH]2)c1. The number of rotatable bonds is 2. The van der Waals surface area contributed by atoms with E-state index in [0.29, 0.717) is 17.3 Å². The normalized spacial score (nSPS) is 10.7. The molecular weight excluding hydrogens is 230 g/mol. The van der Waals surface area contributed by atoms with Crippen LogP contribution in [0.25, 0.3) is 11.0 Å². The number of fused-ring (bicyclic) bond motifs is 1. The molecule has 3 rings (SSSR count). The number of hydrogen-bond donors (Lipinski definition) is 4. The number of carbonyl (C=O) groups is 1. The first-order valence-electron chi connectivity index (χ1n) is 5.42. The summed E-state index contributed by atoms with van der Waals surface area (Å²) in [7, 11) is 0. The van der Waals surface area contributed by atoms with Crippen LogP contribution in [0, 0.1) is 0 Å². The Bertz CT molecular complexity index is 679. The average Bonchev–Trinajstić information content (AvgIpc) is 2.94. The second kappa shape index (κ2) is 3.92. The van der Waals surface area contributed by atoms with Crippen LogP contribution in [0.3, 0.4) is 0 Å². The fourth-order valence-corrected chi connectivity index (χ4v) is 1.73. The number of imidazole rings is 1. The van der Waals surface area contributed by atoms with E-state index in [0.717, 1.165) is 11.0 Å². The number of nitrogens with one attached hydrogen (secondary N) is 3. The third-order valence-corrected chi connectivity index (χ3v) is 2.57. The molecule has 0 saturated carbocycles. The molecule has 0 unspecified atom stereocenters. The third-order valence-electron chi connectivity index (χ3n) is 2.57. The molecule has 2 heterocycles. The Kier molecular flexibility index (Phi) is 2.26. The number of para-hydroxylation sites is 2. The van der Waals surface area contributed by atoms with Crippen LogP contribution in [-0.2, 0) is 0 Å². The van der Waals surface area contributed by atoms with Gasteiger partial charge in [-0.2, -0.15) is 0 Å². The van der Waals surface area contributed by atoms with Crippen molar-refractivity contribution in [3.63, 3.8) is 0 Å². The van der Waals surface area contributed by atoms with E-state index < -0.39 is 0 Å². The molecule has 6 nitrogen and oxygen atoms in total. The van der Waals surface area contributed by atoms with E-state index in [1.807, 2.05) is 24.3 Å². The van der Waals surface area contributed by atoms with E-state index in [-0.39, 0.29) is 5.91 Å². The summed E-state index contributed by atoms with van der Waals surface area (Å²) in [4.78, 5) is 21.9. The Hall–Kier alpha value is -2.76. The number of nitrogens with zero attached hydrogens (tertiary/aromatic N) is 1. The summed E-state index contributed by atoms with van der Waals surface area (Å²) in [6.45, 7) is 0. The zero-order valence-corrected chi connectivity index (χ0v) is 9.40. The van der Waals surface area contributed by atoms with Gasteiger partial charge in [-0.3, -0.25) is 10.1 Å². The maximum atomic E-state index is 11.8. The largest absolute Gasteiger partial charge is 0.397 e. The number of benzene rings is 1. The second-order valence-electron chi connectivity index (χ2n) is 3.90. The van der Waals surface area contributed by atoms with Crippen molar-refractivity contribution in [2.75, 3.05) is 11.1 Å². The average molecular weight is 241 g/mol. The summed E-state index contributed by atoms with van der Waals surface area (Å²) < 4.78 is 0. The molecule has 5 N–H and O–H groups in total. The summed E-state index contributed by atoms with van der Waals surface area (Å²) in [6.07, 6.45) is 1.56. The quantitative estimate of drug-likeness (QED) is 0.549. The molecule has 0 aliphatic heterocycles. The van der Waals surface area contributed by atoms with Crippen molar-refractivity contribution in [1.82, 2.24) is 15.0 Å². The minimum Gasteiger partial charge on any atom is -0.397 e. The molecule has 0 atom stereocenters. The Balaban J connectivity index is 1.86. The number of anilines is 2. The van der Waals surface area contributed by atoms with E-state index in [1.165, 1.54) is 0 Å². The standard InChI is InChI=1S/C12H11N5O/c13-7-5-10(14-6-7)11(18)17-12-15-8-3-1-2-4-9(8)16-12/h1-6,14H,13H2,(H2,15,16,17,18). The van der Waals surface area contributed by atoms with Gasteiger partial charge in [0.25, 0.3) is 5.91 Å². The van der Waals surface area contributed by atoms with Gasteiger partial charge < -0.3 is 15.7 Å². The van der Waals surface area contributed by atoms with Crippen molar-refractivity contribution in [1.29, 1.82) is 0 Å².